The monoisotopic (exact) mass is 420 g/mol. The molecule has 0 saturated carbocycles. The van der Waals surface area contributed by atoms with E-state index in [1.165, 1.54) is 19.2 Å². The van der Waals surface area contributed by atoms with Gasteiger partial charge in [0.25, 0.3) is 0 Å². The van der Waals surface area contributed by atoms with Gasteiger partial charge in [0.15, 0.2) is 11.5 Å². The molecule has 0 aliphatic carbocycles. The zero-order chi connectivity index (χ0) is 22.2. The maximum Gasteiger partial charge on any atom is 0.325 e. The Kier molecular flexibility index (Phi) is 5.71. The highest BCUT2D eigenvalue weighted by Crippen LogP contribution is 2.52. The number of methoxy groups -OCH3 is 1. The second kappa shape index (κ2) is 7.94. The number of carbonyl (C=O) groups excluding carboxylic acids is 2. The van der Waals surface area contributed by atoms with Crippen LogP contribution >= 0.6 is 0 Å². The summed E-state index contributed by atoms with van der Waals surface area (Å²) in [6.45, 7) is 2.01. The Hall–Kier alpha value is -3.14. The van der Waals surface area contributed by atoms with Crippen molar-refractivity contribution in [3.63, 3.8) is 0 Å². The van der Waals surface area contributed by atoms with Crippen LogP contribution in [0.3, 0.4) is 0 Å². The SMILES string of the molecule is CCCCN1C(=O)C2C(c3cccc(OC)c3O)NC(CC(=O)O)(C(=O)O)C2C1=O. The molecule has 30 heavy (non-hydrogen) atoms. The lowest BCUT2D eigenvalue weighted by Gasteiger charge is -2.30. The predicted molar refractivity (Wildman–Crippen MR) is 102 cm³/mol. The number of benzene rings is 1. The van der Waals surface area contributed by atoms with E-state index in [-0.39, 0.29) is 23.6 Å². The number of fused-ring (bicyclic) bond motifs is 1. The molecule has 10 nitrogen and oxygen atoms in total. The van der Waals surface area contributed by atoms with Crippen LogP contribution in [0.5, 0.6) is 11.5 Å². The summed E-state index contributed by atoms with van der Waals surface area (Å²) in [5.41, 5.74) is -2.03. The number of rotatable bonds is 8. The van der Waals surface area contributed by atoms with E-state index in [9.17, 15) is 34.5 Å². The Bertz CT molecular complexity index is 901. The van der Waals surface area contributed by atoms with Crippen molar-refractivity contribution in [3.05, 3.63) is 23.8 Å². The predicted octanol–water partition coefficient (Wildman–Crippen LogP) is 0.744. The van der Waals surface area contributed by atoms with Gasteiger partial charge in [0.1, 0.15) is 5.54 Å². The molecule has 0 bridgehead atoms. The molecule has 3 rings (SSSR count). The van der Waals surface area contributed by atoms with Crippen molar-refractivity contribution in [2.24, 2.45) is 11.8 Å². The number of carboxylic acid groups (broad SMARTS) is 2. The largest absolute Gasteiger partial charge is 0.504 e. The summed E-state index contributed by atoms with van der Waals surface area (Å²) in [7, 11) is 1.34. The van der Waals surface area contributed by atoms with E-state index in [1.807, 2.05) is 6.92 Å². The Balaban J connectivity index is 2.16. The third-order valence-corrected chi connectivity index (χ3v) is 5.88. The molecule has 10 heteroatoms. The van der Waals surface area contributed by atoms with Crippen molar-refractivity contribution in [1.82, 2.24) is 10.2 Å². The summed E-state index contributed by atoms with van der Waals surface area (Å²) >= 11 is 0. The number of para-hydroxylation sites is 1. The molecule has 1 aromatic rings. The highest BCUT2D eigenvalue weighted by Gasteiger charge is 2.69. The first-order valence-corrected chi connectivity index (χ1v) is 9.63. The fourth-order valence-corrected chi connectivity index (χ4v) is 4.49. The van der Waals surface area contributed by atoms with Gasteiger partial charge >= 0.3 is 11.9 Å². The van der Waals surface area contributed by atoms with Crippen LogP contribution in [-0.2, 0) is 19.2 Å². The fraction of sp³-hybridized carbons (Fsp3) is 0.500. The number of phenols is 1. The van der Waals surface area contributed by atoms with Crippen molar-refractivity contribution < 1.29 is 39.2 Å². The summed E-state index contributed by atoms with van der Waals surface area (Å²) < 4.78 is 5.09. The third-order valence-electron chi connectivity index (χ3n) is 5.88. The molecule has 0 radical (unpaired) electrons. The molecule has 0 spiro atoms. The standard InChI is InChI=1S/C20H24N2O8/c1-3-4-8-22-17(26)13-14(18(22)27)20(19(28)29,9-12(23)24)21-15(13)10-6-5-7-11(30-2)16(10)25/h5-7,13-15,21,25H,3-4,8-9H2,1-2H3,(H,23,24)(H,28,29). The summed E-state index contributed by atoms with van der Waals surface area (Å²) in [5.74, 6) is -7.02. The van der Waals surface area contributed by atoms with Crippen molar-refractivity contribution in [2.45, 2.75) is 37.8 Å². The molecule has 0 aromatic heterocycles. The van der Waals surface area contributed by atoms with Crippen molar-refractivity contribution in [1.29, 1.82) is 0 Å². The third kappa shape index (κ3) is 3.17. The Morgan fingerprint density at radius 2 is 1.93 bits per heavy atom. The minimum Gasteiger partial charge on any atom is -0.504 e. The minimum atomic E-state index is -2.19. The number of hydrogen-bond donors (Lipinski definition) is 4. The number of amides is 2. The number of likely N-dealkylation sites (tertiary alicyclic amines) is 1. The van der Waals surface area contributed by atoms with Crippen LogP contribution in [-0.4, -0.2) is 63.2 Å². The van der Waals surface area contributed by atoms with E-state index < -0.39 is 53.6 Å². The normalized spacial score (nSPS) is 27.9. The second-order valence-electron chi connectivity index (χ2n) is 7.55. The van der Waals surface area contributed by atoms with E-state index >= 15 is 0 Å². The highest BCUT2D eigenvalue weighted by atomic mass is 16.5. The molecular formula is C20H24N2O8. The lowest BCUT2D eigenvalue weighted by Crippen LogP contribution is -2.57. The molecule has 4 N–H and O–H groups in total. The van der Waals surface area contributed by atoms with Crippen LogP contribution in [0.2, 0.25) is 0 Å². The van der Waals surface area contributed by atoms with Crippen LogP contribution in [0.25, 0.3) is 0 Å². The van der Waals surface area contributed by atoms with Gasteiger partial charge < -0.3 is 20.1 Å². The Labute approximate surface area is 172 Å². The van der Waals surface area contributed by atoms with Crippen LogP contribution in [0.15, 0.2) is 18.2 Å². The number of nitrogens with one attached hydrogen (secondary N) is 1. The van der Waals surface area contributed by atoms with Gasteiger partial charge in [-0.1, -0.05) is 25.5 Å². The van der Waals surface area contributed by atoms with Crippen molar-refractivity contribution in [3.8, 4) is 11.5 Å². The lowest BCUT2D eigenvalue weighted by molar-refractivity contribution is -0.156. The summed E-state index contributed by atoms with van der Waals surface area (Å²) in [4.78, 5) is 51.1. The topological polar surface area (TPSA) is 153 Å². The van der Waals surface area contributed by atoms with E-state index in [0.717, 1.165) is 4.90 Å². The lowest BCUT2D eigenvalue weighted by atomic mass is 9.77. The van der Waals surface area contributed by atoms with Gasteiger partial charge in [-0.2, -0.15) is 0 Å². The molecule has 162 valence electrons. The van der Waals surface area contributed by atoms with Gasteiger partial charge in [-0.25, -0.2) is 0 Å². The quantitative estimate of drug-likeness (QED) is 0.446. The first kappa shape index (κ1) is 21.6. The van der Waals surface area contributed by atoms with E-state index in [4.69, 9.17) is 4.74 Å². The molecule has 2 amide bonds. The maximum atomic E-state index is 13.2. The smallest absolute Gasteiger partial charge is 0.325 e. The first-order chi connectivity index (χ1) is 14.2. The van der Waals surface area contributed by atoms with E-state index in [0.29, 0.717) is 12.8 Å². The van der Waals surface area contributed by atoms with Crippen molar-refractivity contribution >= 4 is 23.8 Å². The van der Waals surface area contributed by atoms with Gasteiger partial charge in [-0.05, 0) is 12.5 Å². The van der Waals surface area contributed by atoms with Crippen LogP contribution in [0.4, 0.5) is 0 Å². The molecular weight excluding hydrogens is 396 g/mol. The van der Waals surface area contributed by atoms with Crippen molar-refractivity contribution in [2.75, 3.05) is 13.7 Å². The number of hydrogen-bond acceptors (Lipinski definition) is 7. The number of nitrogens with zero attached hydrogens (tertiary/aromatic N) is 1. The number of imide groups is 1. The average Bonchev–Trinajstić information content (AvgIpc) is 3.15. The van der Waals surface area contributed by atoms with E-state index in [1.54, 1.807) is 6.07 Å². The number of carbonyl (C=O) groups is 4. The maximum absolute atomic E-state index is 13.2. The second-order valence-corrected chi connectivity index (χ2v) is 7.55. The molecule has 2 heterocycles. The molecule has 2 fully saturated rings. The molecule has 1 aromatic carbocycles. The van der Waals surface area contributed by atoms with Gasteiger partial charge in [-0.3, -0.25) is 29.4 Å². The van der Waals surface area contributed by atoms with Crippen LogP contribution < -0.4 is 10.1 Å². The number of aliphatic carboxylic acids is 2. The zero-order valence-electron chi connectivity index (χ0n) is 16.6. The van der Waals surface area contributed by atoms with Gasteiger partial charge in [-0.15, -0.1) is 0 Å². The summed E-state index contributed by atoms with van der Waals surface area (Å²) in [5, 5.41) is 32.6. The van der Waals surface area contributed by atoms with Gasteiger partial charge in [0, 0.05) is 18.2 Å². The Morgan fingerprint density at radius 3 is 2.50 bits per heavy atom. The number of ether oxygens (including phenoxy) is 1. The highest BCUT2D eigenvalue weighted by molar-refractivity contribution is 6.10. The molecule has 2 saturated heterocycles. The molecule has 2 aliphatic rings. The molecule has 4 atom stereocenters. The average molecular weight is 420 g/mol. The summed E-state index contributed by atoms with van der Waals surface area (Å²) in [6.07, 6.45) is 0.355. The number of carboxylic acids is 2. The summed E-state index contributed by atoms with van der Waals surface area (Å²) in [6, 6.07) is 3.45. The number of aromatic hydroxyl groups is 1. The van der Waals surface area contributed by atoms with Crippen LogP contribution in [0.1, 0.15) is 37.8 Å². The number of phenolic OH excluding ortho intramolecular Hbond substituents is 1. The van der Waals surface area contributed by atoms with Gasteiger partial charge in [0.05, 0.1) is 25.4 Å². The van der Waals surface area contributed by atoms with E-state index in [2.05, 4.69) is 5.32 Å². The van der Waals surface area contributed by atoms with Crippen LogP contribution in [0, 0.1) is 11.8 Å². The first-order valence-electron chi connectivity index (χ1n) is 9.63. The Morgan fingerprint density at radius 1 is 1.23 bits per heavy atom. The fourth-order valence-electron chi connectivity index (χ4n) is 4.49. The van der Waals surface area contributed by atoms with Gasteiger partial charge in [0.2, 0.25) is 11.8 Å². The minimum absolute atomic E-state index is 0.108. The zero-order valence-corrected chi connectivity index (χ0v) is 16.6. The molecule has 2 aliphatic heterocycles. The number of unbranched alkanes of at least 4 members (excludes halogenated alkanes) is 1. The molecule has 4 unspecified atom stereocenters.